The van der Waals surface area contributed by atoms with E-state index in [2.05, 4.69) is 20.6 Å². The van der Waals surface area contributed by atoms with Crippen molar-refractivity contribution in [2.75, 3.05) is 6.54 Å². The monoisotopic (exact) mass is 376 g/mol. The zero-order valence-electron chi connectivity index (χ0n) is 13.2. The van der Waals surface area contributed by atoms with Gasteiger partial charge in [-0.1, -0.05) is 6.07 Å². The van der Waals surface area contributed by atoms with E-state index in [9.17, 15) is 17.6 Å². The summed E-state index contributed by atoms with van der Waals surface area (Å²) >= 11 is 0.901. The van der Waals surface area contributed by atoms with Crippen molar-refractivity contribution in [2.24, 2.45) is 4.99 Å². The Morgan fingerprint density at radius 2 is 2.08 bits per heavy atom. The largest absolute Gasteiger partial charge is 0.505 e. The number of aliphatic imine (C=N–C) groups is 1. The Morgan fingerprint density at radius 1 is 1.32 bits per heavy atom. The van der Waals surface area contributed by atoms with Gasteiger partial charge in [0.05, 0.1) is 13.1 Å². The van der Waals surface area contributed by atoms with E-state index in [0.717, 1.165) is 16.7 Å². The van der Waals surface area contributed by atoms with Gasteiger partial charge in [-0.05, 0) is 24.6 Å². The topological polar surface area (TPSA) is 69.5 Å². The number of alkyl halides is 3. The molecular formula is C15H16F4N4OS. The van der Waals surface area contributed by atoms with Crippen LogP contribution < -0.4 is 10.6 Å². The lowest BCUT2D eigenvalue weighted by Crippen LogP contribution is -2.36. The van der Waals surface area contributed by atoms with Gasteiger partial charge >= 0.3 is 6.18 Å². The average Bonchev–Trinajstić information content (AvgIpc) is 3.02. The number of benzene rings is 1. The van der Waals surface area contributed by atoms with Crippen LogP contribution in [0.1, 0.15) is 23.2 Å². The highest BCUT2D eigenvalue weighted by molar-refractivity contribution is 7.09. The molecule has 1 aromatic heterocycles. The lowest BCUT2D eigenvalue weighted by atomic mass is 10.2. The van der Waals surface area contributed by atoms with Crippen LogP contribution in [0.15, 0.2) is 28.6 Å². The molecular weight excluding hydrogens is 360 g/mol. The fraction of sp³-hybridized carbons (Fsp3) is 0.333. The Morgan fingerprint density at radius 3 is 2.68 bits per heavy atom. The number of aromatic hydroxyl groups is 1. The van der Waals surface area contributed by atoms with Gasteiger partial charge in [-0.25, -0.2) is 14.4 Å². The number of nitrogens with one attached hydrogen (secondary N) is 2. The molecule has 10 heteroatoms. The van der Waals surface area contributed by atoms with Crippen LogP contribution >= 0.6 is 11.3 Å². The number of halogens is 4. The number of guanidine groups is 1. The molecule has 0 saturated carbocycles. The fourth-order valence-corrected chi connectivity index (χ4v) is 2.58. The second-order valence-electron chi connectivity index (χ2n) is 4.96. The molecule has 0 atom stereocenters. The Hall–Kier alpha value is -2.36. The Balaban J connectivity index is 1.99. The lowest BCUT2D eigenvalue weighted by Gasteiger charge is -2.10. The van der Waals surface area contributed by atoms with Crippen LogP contribution in [0.4, 0.5) is 17.6 Å². The molecule has 0 bridgehead atoms. The van der Waals surface area contributed by atoms with Crippen molar-refractivity contribution >= 4 is 17.3 Å². The highest BCUT2D eigenvalue weighted by Gasteiger charge is 2.33. The fourth-order valence-electron chi connectivity index (χ4n) is 1.84. The van der Waals surface area contributed by atoms with Crippen LogP contribution in [0.5, 0.6) is 5.75 Å². The number of hydrogen-bond donors (Lipinski definition) is 3. The average molecular weight is 376 g/mol. The molecule has 136 valence electrons. The van der Waals surface area contributed by atoms with Crippen molar-refractivity contribution in [1.29, 1.82) is 0 Å². The third-order valence-corrected chi connectivity index (χ3v) is 3.87. The van der Waals surface area contributed by atoms with Gasteiger partial charge in [-0.15, -0.1) is 11.3 Å². The van der Waals surface area contributed by atoms with Crippen molar-refractivity contribution in [3.8, 4) is 5.75 Å². The van der Waals surface area contributed by atoms with Gasteiger partial charge in [0.25, 0.3) is 0 Å². The molecule has 25 heavy (non-hydrogen) atoms. The molecule has 2 rings (SSSR count). The molecule has 0 aliphatic heterocycles. The second kappa shape index (κ2) is 8.15. The third kappa shape index (κ3) is 5.59. The summed E-state index contributed by atoms with van der Waals surface area (Å²) in [6.07, 6.45) is -4.46. The van der Waals surface area contributed by atoms with Crippen molar-refractivity contribution in [3.63, 3.8) is 0 Å². The summed E-state index contributed by atoms with van der Waals surface area (Å²) in [5.74, 6) is -0.824. The van der Waals surface area contributed by atoms with Gasteiger partial charge in [0, 0.05) is 11.9 Å². The first-order valence-electron chi connectivity index (χ1n) is 7.30. The van der Waals surface area contributed by atoms with E-state index in [4.69, 9.17) is 5.11 Å². The van der Waals surface area contributed by atoms with E-state index >= 15 is 0 Å². The highest BCUT2D eigenvalue weighted by Crippen LogP contribution is 2.29. The number of thiazole rings is 1. The molecule has 0 fully saturated rings. The van der Waals surface area contributed by atoms with Crippen molar-refractivity contribution < 1.29 is 22.7 Å². The van der Waals surface area contributed by atoms with Gasteiger partial charge in [0.2, 0.25) is 0 Å². The van der Waals surface area contributed by atoms with Crippen LogP contribution in [0.2, 0.25) is 0 Å². The molecule has 0 amide bonds. The number of rotatable bonds is 5. The van der Waals surface area contributed by atoms with E-state index in [1.807, 2.05) is 6.92 Å². The molecule has 0 saturated heterocycles. The predicted molar refractivity (Wildman–Crippen MR) is 86.8 cm³/mol. The molecule has 0 unspecified atom stereocenters. The molecule has 2 aromatic rings. The first-order chi connectivity index (χ1) is 11.8. The number of aromatic nitrogens is 1. The summed E-state index contributed by atoms with van der Waals surface area (Å²) < 4.78 is 50.9. The van der Waals surface area contributed by atoms with E-state index in [0.29, 0.717) is 18.1 Å². The first kappa shape index (κ1) is 19.0. The van der Waals surface area contributed by atoms with Crippen LogP contribution in [0, 0.1) is 5.82 Å². The normalized spacial score (nSPS) is 12.3. The van der Waals surface area contributed by atoms with Crippen molar-refractivity contribution in [2.45, 2.75) is 26.2 Å². The Labute approximate surface area is 145 Å². The molecule has 0 spiro atoms. The lowest BCUT2D eigenvalue weighted by molar-refractivity contribution is -0.140. The third-order valence-electron chi connectivity index (χ3n) is 3.03. The van der Waals surface area contributed by atoms with Crippen LogP contribution in [-0.4, -0.2) is 22.6 Å². The number of phenolic OH excluding ortho intramolecular Hbond substituents is 1. The maximum atomic E-state index is 13.3. The summed E-state index contributed by atoms with van der Waals surface area (Å²) in [4.78, 5) is 7.75. The van der Waals surface area contributed by atoms with Crippen LogP contribution in [-0.2, 0) is 19.3 Å². The standard InChI is InChI=1S/C15H16F4N4OS/c1-2-20-14(21-6-9-3-4-11(24)10(16)5-9)22-7-13-23-12(8-25-13)15(17,18)19/h3-5,8,24H,2,6-7H2,1H3,(H2,20,21,22). The Bertz CT molecular complexity index is 745. The molecule has 0 aliphatic rings. The minimum atomic E-state index is -4.46. The van der Waals surface area contributed by atoms with Crippen LogP contribution in [0.25, 0.3) is 0 Å². The zero-order valence-corrected chi connectivity index (χ0v) is 14.0. The van der Waals surface area contributed by atoms with E-state index in [-0.39, 0.29) is 18.1 Å². The van der Waals surface area contributed by atoms with E-state index in [1.165, 1.54) is 18.2 Å². The minimum absolute atomic E-state index is 0.0799. The summed E-state index contributed by atoms with van der Waals surface area (Å²) in [5.41, 5.74) is -0.378. The molecule has 5 nitrogen and oxygen atoms in total. The van der Waals surface area contributed by atoms with Gasteiger partial charge in [0.1, 0.15) is 5.01 Å². The smallest absolute Gasteiger partial charge is 0.434 e. The number of nitrogens with zero attached hydrogens (tertiary/aromatic N) is 2. The molecule has 1 aromatic carbocycles. The van der Waals surface area contributed by atoms with Crippen LogP contribution in [0.3, 0.4) is 0 Å². The summed E-state index contributed by atoms with van der Waals surface area (Å²) in [5, 5.41) is 16.2. The maximum absolute atomic E-state index is 13.3. The van der Waals surface area contributed by atoms with Gasteiger partial charge in [-0.3, -0.25) is 0 Å². The second-order valence-corrected chi connectivity index (χ2v) is 5.90. The molecule has 3 N–H and O–H groups in total. The molecule has 0 aliphatic carbocycles. The molecule has 1 heterocycles. The minimum Gasteiger partial charge on any atom is -0.505 e. The predicted octanol–water partition coefficient (Wildman–Crippen LogP) is 3.26. The van der Waals surface area contributed by atoms with Gasteiger partial charge < -0.3 is 15.7 Å². The Kier molecular flexibility index (Phi) is 6.18. The van der Waals surface area contributed by atoms with Gasteiger partial charge in [-0.2, -0.15) is 13.2 Å². The number of hydrogen-bond acceptors (Lipinski definition) is 4. The van der Waals surface area contributed by atoms with E-state index < -0.39 is 23.4 Å². The van der Waals surface area contributed by atoms with E-state index in [1.54, 1.807) is 0 Å². The summed E-state index contributed by atoms with van der Waals surface area (Å²) in [6, 6.07) is 3.93. The highest BCUT2D eigenvalue weighted by atomic mass is 32.1. The summed E-state index contributed by atoms with van der Waals surface area (Å²) in [6.45, 7) is 2.60. The first-order valence-corrected chi connectivity index (χ1v) is 8.18. The summed E-state index contributed by atoms with van der Waals surface area (Å²) in [7, 11) is 0. The quantitative estimate of drug-likeness (QED) is 0.426. The number of phenols is 1. The molecule has 0 radical (unpaired) electrons. The maximum Gasteiger partial charge on any atom is 0.434 e. The zero-order chi connectivity index (χ0) is 18.4. The SMILES string of the molecule is CCNC(=NCc1ccc(O)c(F)c1)NCc1nc(C(F)(F)F)cs1. The van der Waals surface area contributed by atoms with Crippen molar-refractivity contribution in [1.82, 2.24) is 15.6 Å². The van der Waals surface area contributed by atoms with Gasteiger partial charge in [0.15, 0.2) is 23.2 Å². The van der Waals surface area contributed by atoms with Crippen molar-refractivity contribution in [3.05, 3.63) is 45.7 Å².